The van der Waals surface area contributed by atoms with Crippen LogP contribution in [0.5, 0.6) is 5.75 Å². The van der Waals surface area contributed by atoms with Crippen LogP contribution in [0.1, 0.15) is 18.0 Å². The van der Waals surface area contributed by atoms with Gasteiger partial charge >= 0.3 is 0 Å². The Balaban J connectivity index is 1.36. The van der Waals surface area contributed by atoms with E-state index in [4.69, 9.17) is 4.74 Å². The Morgan fingerprint density at radius 1 is 1.19 bits per heavy atom. The molecule has 4 rings (SSSR count). The molecule has 2 bridgehead atoms. The van der Waals surface area contributed by atoms with Crippen LogP contribution in [0.4, 0.5) is 5.69 Å². The highest BCUT2D eigenvalue weighted by molar-refractivity contribution is 5.56. The van der Waals surface area contributed by atoms with Gasteiger partial charge in [0.2, 0.25) is 0 Å². The zero-order valence-corrected chi connectivity index (χ0v) is 15.7. The SMILES string of the molecule is COc1ccccc1NCC(O)CN1C[C@H]2C[C@@H](C1)c1cccc(=O)n1C2. The van der Waals surface area contributed by atoms with Gasteiger partial charge < -0.3 is 19.7 Å². The molecule has 1 aromatic carbocycles. The summed E-state index contributed by atoms with van der Waals surface area (Å²) in [5, 5.41) is 13.8. The lowest BCUT2D eigenvalue weighted by Crippen LogP contribution is -2.49. The van der Waals surface area contributed by atoms with Gasteiger partial charge in [0.25, 0.3) is 5.56 Å². The molecule has 144 valence electrons. The van der Waals surface area contributed by atoms with Gasteiger partial charge in [-0.05, 0) is 30.5 Å². The molecule has 6 heteroatoms. The molecule has 27 heavy (non-hydrogen) atoms. The number of para-hydroxylation sites is 2. The van der Waals surface area contributed by atoms with E-state index in [1.54, 1.807) is 13.2 Å². The number of nitrogens with zero attached hydrogens (tertiary/aromatic N) is 2. The highest BCUT2D eigenvalue weighted by Crippen LogP contribution is 2.34. The summed E-state index contributed by atoms with van der Waals surface area (Å²) in [5.74, 6) is 1.63. The second-order valence-corrected chi connectivity index (χ2v) is 7.65. The number of pyridine rings is 1. The molecular weight excluding hydrogens is 342 g/mol. The lowest BCUT2D eigenvalue weighted by atomic mass is 9.83. The van der Waals surface area contributed by atoms with E-state index in [0.717, 1.165) is 43.2 Å². The summed E-state index contributed by atoms with van der Waals surface area (Å²) in [6, 6.07) is 13.3. The zero-order chi connectivity index (χ0) is 18.8. The van der Waals surface area contributed by atoms with Crippen molar-refractivity contribution in [3.8, 4) is 5.75 Å². The smallest absolute Gasteiger partial charge is 0.250 e. The number of methoxy groups -OCH3 is 1. The number of aliphatic hydroxyl groups is 1. The van der Waals surface area contributed by atoms with Crippen LogP contribution in [0.3, 0.4) is 0 Å². The van der Waals surface area contributed by atoms with Crippen molar-refractivity contribution in [1.82, 2.24) is 9.47 Å². The summed E-state index contributed by atoms with van der Waals surface area (Å²) in [5.41, 5.74) is 2.14. The predicted molar refractivity (Wildman–Crippen MR) is 105 cm³/mol. The number of aromatic nitrogens is 1. The zero-order valence-electron chi connectivity index (χ0n) is 15.7. The van der Waals surface area contributed by atoms with Crippen molar-refractivity contribution in [2.45, 2.75) is 25.0 Å². The highest BCUT2D eigenvalue weighted by Gasteiger charge is 2.34. The number of β-amino-alcohol motifs (C(OH)–C–C–N with tert-alkyl or cyclic N) is 1. The van der Waals surface area contributed by atoms with Crippen molar-refractivity contribution in [3.63, 3.8) is 0 Å². The minimum Gasteiger partial charge on any atom is -0.495 e. The summed E-state index contributed by atoms with van der Waals surface area (Å²) in [6.45, 7) is 3.72. The van der Waals surface area contributed by atoms with Crippen LogP contribution < -0.4 is 15.6 Å². The fourth-order valence-corrected chi connectivity index (χ4v) is 4.53. The van der Waals surface area contributed by atoms with Crippen LogP contribution >= 0.6 is 0 Å². The molecule has 2 aromatic rings. The lowest BCUT2D eigenvalue weighted by Gasteiger charge is -2.43. The molecule has 1 fully saturated rings. The summed E-state index contributed by atoms with van der Waals surface area (Å²) >= 11 is 0. The first kappa shape index (κ1) is 18.1. The fourth-order valence-electron chi connectivity index (χ4n) is 4.53. The average Bonchev–Trinajstić information content (AvgIpc) is 2.67. The molecule has 2 N–H and O–H groups in total. The van der Waals surface area contributed by atoms with Gasteiger partial charge in [-0.15, -0.1) is 0 Å². The second-order valence-electron chi connectivity index (χ2n) is 7.65. The van der Waals surface area contributed by atoms with Crippen molar-refractivity contribution in [3.05, 3.63) is 58.5 Å². The van der Waals surface area contributed by atoms with E-state index in [1.807, 2.05) is 34.9 Å². The van der Waals surface area contributed by atoms with Gasteiger partial charge in [-0.2, -0.15) is 0 Å². The van der Waals surface area contributed by atoms with Crippen molar-refractivity contribution in [2.75, 3.05) is 38.6 Å². The van der Waals surface area contributed by atoms with Crippen LogP contribution in [0.15, 0.2) is 47.3 Å². The fraction of sp³-hybridized carbons (Fsp3) is 0.476. The van der Waals surface area contributed by atoms with Crippen molar-refractivity contribution < 1.29 is 9.84 Å². The minimum atomic E-state index is -0.466. The number of aliphatic hydroxyl groups excluding tert-OH is 1. The molecular formula is C21H27N3O3. The number of fused-ring (bicyclic) bond motifs is 4. The number of piperidine rings is 1. The molecule has 2 aliphatic rings. The quantitative estimate of drug-likeness (QED) is 0.812. The van der Waals surface area contributed by atoms with Crippen molar-refractivity contribution >= 4 is 5.69 Å². The van der Waals surface area contributed by atoms with E-state index >= 15 is 0 Å². The molecule has 1 saturated heterocycles. The van der Waals surface area contributed by atoms with Crippen LogP contribution in [0, 0.1) is 5.92 Å². The second kappa shape index (κ2) is 7.74. The molecule has 0 spiro atoms. The molecule has 0 aliphatic carbocycles. The number of nitrogens with one attached hydrogen (secondary N) is 1. The maximum Gasteiger partial charge on any atom is 0.250 e. The highest BCUT2D eigenvalue weighted by atomic mass is 16.5. The summed E-state index contributed by atoms with van der Waals surface area (Å²) in [4.78, 5) is 14.5. The summed E-state index contributed by atoms with van der Waals surface area (Å²) < 4.78 is 7.28. The number of likely N-dealkylation sites (tertiary alicyclic amines) is 1. The van der Waals surface area contributed by atoms with Crippen LogP contribution in [0.25, 0.3) is 0 Å². The maximum atomic E-state index is 12.1. The van der Waals surface area contributed by atoms with Crippen molar-refractivity contribution in [1.29, 1.82) is 0 Å². The van der Waals surface area contributed by atoms with Gasteiger partial charge in [0.05, 0.1) is 18.9 Å². The Morgan fingerprint density at radius 3 is 2.89 bits per heavy atom. The molecule has 0 radical (unpaired) electrons. The molecule has 0 saturated carbocycles. The molecule has 3 atom stereocenters. The maximum absolute atomic E-state index is 12.1. The van der Waals surface area contributed by atoms with E-state index in [0.29, 0.717) is 24.9 Å². The topological polar surface area (TPSA) is 66.7 Å². The number of anilines is 1. The standard InChI is InChI=1S/C21H27N3O3/c1-27-20-7-3-2-5-18(20)22-10-17(25)14-23-11-15-9-16(13-23)19-6-4-8-21(26)24(19)12-15/h2-8,15-17,22,25H,9-14H2,1H3/t15-,16+,17?/m1/s1. The van der Waals surface area contributed by atoms with E-state index in [9.17, 15) is 9.90 Å². The van der Waals surface area contributed by atoms with Gasteiger partial charge in [-0.1, -0.05) is 18.2 Å². The summed E-state index contributed by atoms with van der Waals surface area (Å²) in [6.07, 6.45) is 0.668. The van der Waals surface area contributed by atoms with Crippen molar-refractivity contribution in [2.24, 2.45) is 5.92 Å². The first-order valence-electron chi connectivity index (χ1n) is 9.61. The molecule has 0 amide bonds. The van der Waals surface area contributed by atoms with Gasteiger partial charge in [-0.25, -0.2) is 0 Å². The molecule has 6 nitrogen and oxygen atoms in total. The first-order chi connectivity index (χ1) is 13.1. The Morgan fingerprint density at radius 2 is 2.04 bits per heavy atom. The number of ether oxygens (including phenoxy) is 1. The third-order valence-electron chi connectivity index (χ3n) is 5.66. The number of benzene rings is 1. The van der Waals surface area contributed by atoms with E-state index < -0.39 is 6.10 Å². The largest absolute Gasteiger partial charge is 0.495 e. The van der Waals surface area contributed by atoms with Crippen LogP contribution in [-0.4, -0.2) is 54.0 Å². The monoisotopic (exact) mass is 369 g/mol. The van der Waals surface area contributed by atoms with E-state index in [1.165, 1.54) is 0 Å². The third kappa shape index (κ3) is 3.87. The third-order valence-corrected chi connectivity index (χ3v) is 5.66. The van der Waals surface area contributed by atoms with Crippen LogP contribution in [-0.2, 0) is 6.54 Å². The first-order valence-corrected chi connectivity index (χ1v) is 9.61. The number of hydrogen-bond donors (Lipinski definition) is 2. The Hall–Kier alpha value is -2.31. The minimum absolute atomic E-state index is 0.108. The van der Waals surface area contributed by atoms with Gasteiger partial charge in [0.1, 0.15) is 5.75 Å². The lowest BCUT2D eigenvalue weighted by molar-refractivity contribution is 0.0676. The van der Waals surface area contributed by atoms with Gasteiger partial charge in [-0.3, -0.25) is 9.69 Å². The van der Waals surface area contributed by atoms with Crippen LogP contribution in [0.2, 0.25) is 0 Å². The molecule has 1 aromatic heterocycles. The number of hydrogen-bond acceptors (Lipinski definition) is 5. The van der Waals surface area contributed by atoms with Gasteiger partial charge in [0, 0.05) is 50.4 Å². The van der Waals surface area contributed by atoms with E-state index in [2.05, 4.69) is 16.3 Å². The molecule has 3 heterocycles. The normalized spacial score (nSPS) is 22.7. The molecule has 2 aliphatic heterocycles. The molecule has 1 unspecified atom stereocenters. The van der Waals surface area contributed by atoms with E-state index in [-0.39, 0.29) is 5.56 Å². The Kier molecular flexibility index (Phi) is 5.18. The average molecular weight is 369 g/mol. The Bertz CT molecular complexity index is 851. The Labute approximate surface area is 159 Å². The predicted octanol–water partition coefficient (Wildman–Crippen LogP) is 1.75. The summed E-state index contributed by atoms with van der Waals surface area (Å²) in [7, 11) is 1.65. The number of rotatable bonds is 6. The van der Waals surface area contributed by atoms with Gasteiger partial charge in [0.15, 0.2) is 0 Å².